The zero-order valence-electron chi connectivity index (χ0n) is 12.6. The third-order valence-electron chi connectivity index (χ3n) is 4.11. The van der Waals surface area contributed by atoms with Crippen LogP contribution in [0.2, 0.25) is 0 Å². The van der Waals surface area contributed by atoms with E-state index in [1.165, 1.54) is 9.35 Å². The number of halogens is 1. The maximum absolute atomic E-state index is 3.72. The van der Waals surface area contributed by atoms with Crippen molar-refractivity contribution in [3.05, 3.63) is 20.8 Å². The molecule has 0 bridgehead atoms. The standard InChI is InChI=1S/C15H25BrN2S/c1-14(2,3)13-9-18(15(4,5)10-17-13)8-12-11(16)6-7-19-12/h6-7,13,17H,8-10H2,1-5H3. The van der Waals surface area contributed by atoms with Gasteiger partial charge in [0.25, 0.3) is 0 Å². The van der Waals surface area contributed by atoms with Crippen LogP contribution in [0.1, 0.15) is 39.5 Å². The summed E-state index contributed by atoms with van der Waals surface area (Å²) < 4.78 is 1.25. The molecule has 1 aliphatic heterocycles. The molecule has 108 valence electrons. The Hall–Kier alpha value is 0.1000. The Balaban J connectivity index is 2.13. The van der Waals surface area contributed by atoms with Crippen LogP contribution in [0.5, 0.6) is 0 Å². The minimum atomic E-state index is 0.213. The minimum Gasteiger partial charge on any atom is -0.310 e. The third kappa shape index (κ3) is 3.60. The fourth-order valence-electron chi connectivity index (χ4n) is 2.49. The summed E-state index contributed by atoms with van der Waals surface area (Å²) in [7, 11) is 0. The fraction of sp³-hybridized carbons (Fsp3) is 0.733. The van der Waals surface area contributed by atoms with E-state index in [4.69, 9.17) is 0 Å². The van der Waals surface area contributed by atoms with Crippen LogP contribution in [0, 0.1) is 5.41 Å². The van der Waals surface area contributed by atoms with Gasteiger partial charge in [0.15, 0.2) is 0 Å². The van der Waals surface area contributed by atoms with Crippen molar-refractivity contribution in [3.8, 4) is 0 Å². The molecule has 2 rings (SSSR count). The first-order valence-corrected chi connectivity index (χ1v) is 8.58. The molecule has 1 aliphatic rings. The van der Waals surface area contributed by atoms with Gasteiger partial charge in [-0.1, -0.05) is 20.8 Å². The van der Waals surface area contributed by atoms with Crippen molar-refractivity contribution in [2.75, 3.05) is 13.1 Å². The molecule has 19 heavy (non-hydrogen) atoms. The zero-order valence-corrected chi connectivity index (χ0v) is 15.0. The molecule has 2 nitrogen and oxygen atoms in total. The van der Waals surface area contributed by atoms with E-state index >= 15 is 0 Å². The quantitative estimate of drug-likeness (QED) is 0.868. The molecule has 1 unspecified atom stereocenters. The summed E-state index contributed by atoms with van der Waals surface area (Å²) in [5.41, 5.74) is 0.520. The molecular weight excluding hydrogens is 320 g/mol. The van der Waals surface area contributed by atoms with Crippen molar-refractivity contribution in [3.63, 3.8) is 0 Å². The fourth-order valence-corrected chi connectivity index (χ4v) is 3.98. The first kappa shape index (κ1) is 15.5. The van der Waals surface area contributed by atoms with Gasteiger partial charge >= 0.3 is 0 Å². The number of rotatable bonds is 2. The van der Waals surface area contributed by atoms with Crippen molar-refractivity contribution in [2.45, 2.75) is 52.7 Å². The molecule has 1 saturated heterocycles. The second-order valence-electron chi connectivity index (χ2n) is 7.18. The summed E-state index contributed by atoms with van der Waals surface area (Å²) in [5, 5.41) is 5.89. The second-order valence-corrected chi connectivity index (χ2v) is 9.04. The summed E-state index contributed by atoms with van der Waals surface area (Å²) in [6.07, 6.45) is 0. The van der Waals surface area contributed by atoms with Gasteiger partial charge in [0.1, 0.15) is 0 Å². The molecular formula is C15H25BrN2S. The van der Waals surface area contributed by atoms with E-state index in [0.717, 1.165) is 19.6 Å². The highest BCUT2D eigenvalue weighted by atomic mass is 79.9. The van der Waals surface area contributed by atoms with Crippen LogP contribution in [0.4, 0.5) is 0 Å². The van der Waals surface area contributed by atoms with Gasteiger partial charge in [-0.05, 0) is 46.6 Å². The van der Waals surface area contributed by atoms with Crippen LogP contribution in [0.3, 0.4) is 0 Å². The Bertz CT molecular complexity index is 434. The molecule has 1 atom stereocenters. The highest BCUT2D eigenvalue weighted by Crippen LogP contribution is 2.31. The van der Waals surface area contributed by atoms with Crippen molar-refractivity contribution in [1.29, 1.82) is 0 Å². The van der Waals surface area contributed by atoms with E-state index in [-0.39, 0.29) is 5.54 Å². The third-order valence-corrected chi connectivity index (χ3v) is 6.02. The largest absolute Gasteiger partial charge is 0.310 e. The molecule has 0 saturated carbocycles. The Morgan fingerprint density at radius 2 is 2.16 bits per heavy atom. The SMILES string of the molecule is CC(C)(C)C1CN(Cc2sccc2Br)C(C)(C)CN1. The molecule has 4 heteroatoms. The van der Waals surface area contributed by atoms with Crippen molar-refractivity contribution in [2.24, 2.45) is 5.41 Å². The van der Waals surface area contributed by atoms with Crippen LogP contribution < -0.4 is 5.32 Å². The number of nitrogens with one attached hydrogen (secondary N) is 1. The van der Waals surface area contributed by atoms with Crippen LogP contribution in [0.25, 0.3) is 0 Å². The van der Waals surface area contributed by atoms with Crippen molar-refractivity contribution in [1.82, 2.24) is 10.2 Å². The van der Waals surface area contributed by atoms with Crippen LogP contribution in [0.15, 0.2) is 15.9 Å². The predicted molar refractivity (Wildman–Crippen MR) is 87.8 cm³/mol. The number of thiophene rings is 1. The topological polar surface area (TPSA) is 15.3 Å². The summed E-state index contributed by atoms with van der Waals surface area (Å²) >= 11 is 5.50. The molecule has 0 aliphatic carbocycles. The molecule has 0 amide bonds. The summed E-state index contributed by atoms with van der Waals surface area (Å²) in [6.45, 7) is 14.8. The smallest absolute Gasteiger partial charge is 0.0345 e. The average Bonchev–Trinajstić information content (AvgIpc) is 2.65. The van der Waals surface area contributed by atoms with Gasteiger partial charge in [-0.3, -0.25) is 4.90 Å². The Labute approximate surface area is 129 Å². The van der Waals surface area contributed by atoms with E-state index in [2.05, 4.69) is 72.2 Å². The van der Waals surface area contributed by atoms with Gasteiger partial charge in [0.2, 0.25) is 0 Å². The normalized spacial score (nSPS) is 24.6. The Kier molecular flexibility index (Phi) is 4.46. The molecule has 1 aromatic rings. The first-order valence-electron chi connectivity index (χ1n) is 6.90. The van der Waals surface area contributed by atoms with Crippen LogP contribution in [-0.2, 0) is 6.54 Å². The van der Waals surface area contributed by atoms with Crippen LogP contribution in [-0.4, -0.2) is 29.6 Å². The van der Waals surface area contributed by atoms with Crippen molar-refractivity contribution >= 4 is 27.3 Å². The Morgan fingerprint density at radius 3 is 2.68 bits per heavy atom. The lowest BCUT2D eigenvalue weighted by molar-refractivity contribution is 0.0302. The summed E-state index contributed by atoms with van der Waals surface area (Å²) in [4.78, 5) is 4.05. The van der Waals surface area contributed by atoms with Crippen LogP contribution >= 0.6 is 27.3 Å². The highest BCUT2D eigenvalue weighted by molar-refractivity contribution is 9.10. The lowest BCUT2D eigenvalue weighted by Crippen LogP contribution is -2.64. The molecule has 0 spiro atoms. The monoisotopic (exact) mass is 344 g/mol. The molecule has 0 aromatic carbocycles. The molecule has 0 radical (unpaired) electrons. The van der Waals surface area contributed by atoms with Gasteiger partial charge in [-0.2, -0.15) is 0 Å². The molecule has 1 fully saturated rings. The number of nitrogens with zero attached hydrogens (tertiary/aromatic N) is 1. The minimum absolute atomic E-state index is 0.213. The number of piperazine rings is 1. The maximum atomic E-state index is 3.72. The highest BCUT2D eigenvalue weighted by Gasteiger charge is 2.38. The van der Waals surface area contributed by atoms with Gasteiger partial charge in [0, 0.05) is 40.6 Å². The first-order chi connectivity index (χ1) is 8.70. The predicted octanol–water partition coefficient (Wildman–Crippen LogP) is 4.11. The average molecular weight is 345 g/mol. The van der Waals surface area contributed by atoms with E-state index in [1.54, 1.807) is 0 Å². The van der Waals surface area contributed by atoms with Gasteiger partial charge < -0.3 is 5.32 Å². The summed E-state index contributed by atoms with van der Waals surface area (Å²) in [6, 6.07) is 2.70. The van der Waals surface area contributed by atoms with E-state index < -0.39 is 0 Å². The molecule has 2 heterocycles. The summed E-state index contributed by atoms with van der Waals surface area (Å²) in [5.74, 6) is 0. The van der Waals surface area contributed by atoms with Gasteiger partial charge in [-0.15, -0.1) is 11.3 Å². The Morgan fingerprint density at radius 1 is 1.47 bits per heavy atom. The van der Waals surface area contributed by atoms with E-state index in [1.807, 2.05) is 11.3 Å². The van der Waals surface area contributed by atoms with Gasteiger partial charge in [-0.25, -0.2) is 0 Å². The molecule has 1 N–H and O–H groups in total. The molecule has 1 aromatic heterocycles. The maximum Gasteiger partial charge on any atom is 0.0345 e. The lowest BCUT2D eigenvalue weighted by atomic mass is 9.83. The van der Waals surface area contributed by atoms with Gasteiger partial charge in [0.05, 0.1) is 0 Å². The van der Waals surface area contributed by atoms with Crippen molar-refractivity contribution < 1.29 is 0 Å². The number of hydrogen-bond donors (Lipinski definition) is 1. The van der Waals surface area contributed by atoms with E-state index in [0.29, 0.717) is 11.5 Å². The van der Waals surface area contributed by atoms with E-state index in [9.17, 15) is 0 Å². The second kappa shape index (κ2) is 5.47. The number of hydrogen-bond acceptors (Lipinski definition) is 3. The lowest BCUT2D eigenvalue weighted by Gasteiger charge is -2.49. The zero-order chi connectivity index (χ0) is 14.3.